The molecule has 1 heterocycles. The lowest BCUT2D eigenvalue weighted by molar-refractivity contribution is 0.0934. The number of halogens is 3. The molecule has 0 bridgehead atoms. The Kier molecular flexibility index (Phi) is 5.35. The zero-order valence-electron chi connectivity index (χ0n) is 14.2. The van der Waals surface area contributed by atoms with Gasteiger partial charge in [-0.2, -0.15) is 0 Å². The summed E-state index contributed by atoms with van der Waals surface area (Å²) in [6.07, 6.45) is 0. The van der Waals surface area contributed by atoms with Crippen molar-refractivity contribution in [3.63, 3.8) is 0 Å². The Morgan fingerprint density at radius 2 is 1.67 bits per heavy atom. The van der Waals surface area contributed by atoms with E-state index in [1.165, 1.54) is 12.1 Å². The third-order valence-corrected chi connectivity index (χ3v) is 3.84. The highest BCUT2D eigenvalue weighted by Gasteiger charge is 2.15. The average Bonchev–Trinajstić information content (AvgIpc) is 2.69. The fourth-order valence-corrected chi connectivity index (χ4v) is 2.38. The van der Waals surface area contributed by atoms with E-state index in [0.717, 1.165) is 17.7 Å². The summed E-state index contributed by atoms with van der Waals surface area (Å²) >= 11 is 0. The lowest BCUT2D eigenvalue weighted by Gasteiger charge is -2.13. The van der Waals surface area contributed by atoms with Crippen LogP contribution in [0.15, 0.2) is 54.6 Å². The van der Waals surface area contributed by atoms with Crippen molar-refractivity contribution in [2.24, 2.45) is 0 Å². The summed E-state index contributed by atoms with van der Waals surface area (Å²) in [4.78, 5) is 12.2. The number of amides is 1. The standard InChI is InChI=1S/C19H15F3N4O/c1-11(12-5-3-2-4-6-12)23-19(27)15-9-10-16(26-25-15)24-14-8-7-13(20)17(21)18(14)22/h2-11H,1H3,(H,23,27)(H,24,26). The Labute approximate surface area is 153 Å². The highest BCUT2D eigenvalue weighted by atomic mass is 19.2. The first-order valence-electron chi connectivity index (χ1n) is 8.06. The maximum absolute atomic E-state index is 13.7. The topological polar surface area (TPSA) is 66.9 Å². The molecule has 0 aliphatic carbocycles. The van der Waals surface area contributed by atoms with Gasteiger partial charge in [0.25, 0.3) is 5.91 Å². The lowest BCUT2D eigenvalue weighted by Crippen LogP contribution is -2.27. The van der Waals surface area contributed by atoms with Crippen LogP contribution in [0.1, 0.15) is 29.0 Å². The number of hydrogen-bond acceptors (Lipinski definition) is 4. The Morgan fingerprint density at radius 3 is 2.33 bits per heavy atom. The van der Waals surface area contributed by atoms with E-state index in [9.17, 15) is 18.0 Å². The normalized spacial score (nSPS) is 11.7. The number of nitrogens with one attached hydrogen (secondary N) is 2. The molecule has 1 unspecified atom stereocenters. The number of anilines is 2. The van der Waals surface area contributed by atoms with Crippen molar-refractivity contribution in [2.45, 2.75) is 13.0 Å². The van der Waals surface area contributed by atoms with Crippen molar-refractivity contribution in [3.05, 3.63) is 83.3 Å². The molecule has 1 atom stereocenters. The third-order valence-electron chi connectivity index (χ3n) is 3.84. The Balaban J connectivity index is 1.68. The van der Waals surface area contributed by atoms with Crippen LogP contribution >= 0.6 is 0 Å². The molecule has 1 amide bonds. The predicted molar refractivity (Wildman–Crippen MR) is 94.0 cm³/mol. The van der Waals surface area contributed by atoms with Crippen LogP contribution in [0, 0.1) is 17.5 Å². The first kappa shape index (κ1) is 18.4. The molecule has 0 aliphatic rings. The van der Waals surface area contributed by atoms with Gasteiger partial charge in [-0.05, 0) is 36.8 Å². The van der Waals surface area contributed by atoms with Crippen molar-refractivity contribution in [1.82, 2.24) is 15.5 Å². The Morgan fingerprint density at radius 1 is 0.926 bits per heavy atom. The van der Waals surface area contributed by atoms with Crippen LogP contribution in [0.25, 0.3) is 0 Å². The van der Waals surface area contributed by atoms with Gasteiger partial charge in [0.2, 0.25) is 0 Å². The van der Waals surface area contributed by atoms with E-state index < -0.39 is 23.4 Å². The van der Waals surface area contributed by atoms with E-state index in [1.54, 1.807) is 0 Å². The number of hydrogen-bond donors (Lipinski definition) is 2. The smallest absolute Gasteiger partial charge is 0.272 e. The molecule has 0 spiro atoms. The molecule has 1 aromatic heterocycles. The summed E-state index contributed by atoms with van der Waals surface area (Å²) in [6.45, 7) is 1.84. The first-order valence-corrected chi connectivity index (χ1v) is 8.06. The molecular formula is C19H15F3N4O. The number of carbonyl (C=O) groups is 1. The molecule has 8 heteroatoms. The van der Waals surface area contributed by atoms with E-state index in [4.69, 9.17) is 0 Å². The van der Waals surface area contributed by atoms with Crippen LogP contribution in [0.4, 0.5) is 24.7 Å². The van der Waals surface area contributed by atoms with E-state index in [1.807, 2.05) is 37.3 Å². The van der Waals surface area contributed by atoms with Crippen LogP contribution in [-0.4, -0.2) is 16.1 Å². The van der Waals surface area contributed by atoms with Gasteiger partial charge in [-0.25, -0.2) is 13.2 Å². The van der Waals surface area contributed by atoms with Crippen LogP contribution in [-0.2, 0) is 0 Å². The van der Waals surface area contributed by atoms with Crippen molar-refractivity contribution < 1.29 is 18.0 Å². The zero-order chi connectivity index (χ0) is 19.4. The molecule has 0 aliphatic heterocycles. The second-order valence-corrected chi connectivity index (χ2v) is 5.76. The summed E-state index contributed by atoms with van der Waals surface area (Å²) in [5, 5.41) is 12.8. The molecule has 0 saturated heterocycles. The molecular weight excluding hydrogens is 357 g/mol. The van der Waals surface area contributed by atoms with Crippen LogP contribution in [0.5, 0.6) is 0 Å². The molecule has 2 N–H and O–H groups in total. The van der Waals surface area contributed by atoms with Crippen molar-refractivity contribution in [1.29, 1.82) is 0 Å². The molecule has 0 saturated carbocycles. The van der Waals surface area contributed by atoms with E-state index in [-0.39, 0.29) is 23.2 Å². The van der Waals surface area contributed by atoms with E-state index in [2.05, 4.69) is 20.8 Å². The summed E-state index contributed by atoms with van der Waals surface area (Å²) in [5.74, 6) is -4.59. The van der Waals surface area contributed by atoms with Crippen LogP contribution in [0.2, 0.25) is 0 Å². The van der Waals surface area contributed by atoms with Gasteiger partial charge in [-0.1, -0.05) is 30.3 Å². The minimum absolute atomic E-state index is 0.0640. The molecule has 5 nitrogen and oxygen atoms in total. The third kappa shape index (κ3) is 4.22. The van der Waals surface area contributed by atoms with Crippen molar-refractivity contribution in [3.8, 4) is 0 Å². The van der Waals surface area contributed by atoms with Gasteiger partial charge in [-0.15, -0.1) is 10.2 Å². The van der Waals surface area contributed by atoms with Gasteiger partial charge in [0.1, 0.15) is 0 Å². The summed E-state index contributed by atoms with van der Waals surface area (Å²) in [7, 11) is 0. The highest BCUT2D eigenvalue weighted by Crippen LogP contribution is 2.22. The maximum Gasteiger partial charge on any atom is 0.272 e. The predicted octanol–water partition coefficient (Wildman–Crippen LogP) is 4.13. The quantitative estimate of drug-likeness (QED) is 0.661. The zero-order valence-corrected chi connectivity index (χ0v) is 14.2. The Bertz CT molecular complexity index is 949. The number of carbonyl (C=O) groups excluding carboxylic acids is 1. The summed E-state index contributed by atoms with van der Waals surface area (Å²) in [5.41, 5.74) is 0.707. The van der Waals surface area contributed by atoms with Gasteiger partial charge in [-0.3, -0.25) is 4.79 Å². The van der Waals surface area contributed by atoms with Crippen LogP contribution in [0.3, 0.4) is 0 Å². The monoisotopic (exact) mass is 372 g/mol. The maximum atomic E-state index is 13.7. The number of aromatic nitrogens is 2. The van der Waals surface area contributed by atoms with Crippen LogP contribution < -0.4 is 10.6 Å². The Hall–Kier alpha value is -3.42. The van der Waals surface area contributed by atoms with Gasteiger partial charge < -0.3 is 10.6 Å². The molecule has 2 aromatic carbocycles. The first-order chi connectivity index (χ1) is 13.0. The average molecular weight is 372 g/mol. The largest absolute Gasteiger partial charge is 0.344 e. The summed E-state index contributed by atoms with van der Waals surface area (Å²) < 4.78 is 39.9. The molecule has 3 rings (SSSR count). The highest BCUT2D eigenvalue weighted by molar-refractivity contribution is 5.92. The second kappa shape index (κ2) is 7.86. The van der Waals surface area contributed by atoms with Gasteiger partial charge in [0.05, 0.1) is 11.7 Å². The number of nitrogens with zero attached hydrogens (tertiary/aromatic N) is 2. The molecule has 138 valence electrons. The van der Waals surface area contributed by atoms with E-state index in [0.29, 0.717) is 0 Å². The van der Waals surface area contributed by atoms with Gasteiger partial charge >= 0.3 is 0 Å². The minimum Gasteiger partial charge on any atom is -0.344 e. The van der Waals surface area contributed by atoms with Crippen molar-refractivity contribution in [2.75, 3.05) is 5.32 Å². The van der Waals surface area contributed by atoms with Crippen molar-refractivity contribution >= 4 is 17.4 Å². The molecule has 3 aromatic rings. The van der Waals surface area contributed by atoms with E-state index >= 15 is 0 Å². The lowest BCUT2D eigenvalue weighted by atomic mass is 10.1. The number of rotatable bonds is 5. The fraction of sp³-hybridized carbons (Fsp3) is 0.105. The SMILES string of the molecule is CC(NC(=O)c1ccc(Nc2ccc(F)c(F)c2F)nn1)c1ccccc1. The fourth-order valence-electron chi connectivity index (χ4n) is 2.38. The van der Waals surface area contributed by atoms with Gasteiger partial charge in [0, 0.05) is 0 Å². The second-order valence-electron chi connectivity index (χ2n) is 5.76. The number of benzene rings is 2. The molecule has 27 heavy (non-hydrogen) atoms. The molecule has 0 fully saturated rings. The van der Waals surface area contributed by atoms with Gasteiger partial charge in [0.15, 0.2) is 29.0 Å². The minimum atomic E-state index is -1.58. The molecule has 0 radical (unpaired) electrons. The summed E-state index contributed by atoms with van der Waals surface area (Å²) in [6, 6.07) is 13.8.